The number of nitrogens with zero attached hydrogens (tertiary/aromatic N) is 2. The molecular formula is C13H16N2O3. The second-order valence-corrected chi connectivity index (χ2v) is 4.29. The number of carbonyl (C=O) groups is 1. The summed E-state index contributed by atoms with van der Waals surface area (Å²) in [5, 5.41) is 18.3. The predicted octanol–water partition coefficient (Wildman–Crippen LogP) is 1.85. The fraction of sp³-hybridized carbons (Fsp3) is 0.385. The lowest BCUT2D eigenvalue weighted by molar-refractivity contribution is 0.0697. The van der Waals surface area contributed by atoms with Crippen molar-refractivity contribution in [2.45, 2.75) is 26.3 Å². The summed E-state index contributed by atoms with van der Waals surface area (Å²) in [5.41, 5.74) is 1.75. The first-order valence-corrected chi connectivity index (χ1v) is 5.93. The second-order valence-electron chi connectivity index (χ2n) is 4.29. The Morgan fingerprint density at radius 3 is 2.78 bits per heavy atom. The number of aryl methyl sites for hydroxylation is 1. The van der Waals surface area contributed by atoms with E-state index >= 15 is 0 Å². The van der Waals surface area contributed by atoms with Crippen LogP contribution in [0.2, 0.25) is 0 Å². The summed E-state index contributed by atoms with van der Waals surface area (Å²) in [6.45, 7) is 3.86. The Labute approximate surface area is 105 Å². The minimum atomic E-state index is -0.959. The van der Waals surface area contributed by atoms with Crippen molar-refractivity contribution in [3.8, 4) is 0 Å². The topological polar surface area (TPSA) is 75.3 Å². The molecule has 5 nitrogen and oxygen atoms in total. The van der Waals surface area contributed by atoms with E-state index < -0.39 is 5.97 Å². The monoisotopic (exact) mass is 248 g/mol. The van der Waals surface area contributed by atoms with E-state index in [1.54, 1.807) is 18.2 Å². The molecule has 2 aromatic rings. The molecule has 0 spiro atoms. The molecule has 1 aromatic carbocycles. The number of rotatable bonds is 4. The van der Waals surface area contributed by atoms with Crippen LogP contribution in [-0.4, -0.2) is 32.3 Å². The van der Waals surface area contributed by atoms with Crippen molar-refractivity contribution in [3.63, 3.8) is 0 Å². The van der Waals surface area contributed by atoms with Crippen molar-refractivity contribution < 1.29 is 15.0 Å². The van der Waals surface area contributed by atoms with Gasteiger partial charge in [0.25, 0.3) is 0 Å². The lowest BCUT2D eigenvalue weighted by Crippen LogP contribution is -2.12. The number of aliphatic hydroxyl groups is 1. The number of aromatic nitrogens is 2. The van der Waals surface area contributed by atoms with Crippen LogP contribution in [0.4, 0.5) is 0 Å². The molecule has 2 rings (SSSR count). The number of carboxylic acids is 1. The van der Waals surface area contributed by atoms with Crippen LogP contribution in [-0.2, 0) is 6.42 Å². The summed E-state index contributed by atoms with van der Waals surface area (Å²) >= 11 is 0. The van der Waals surface area contributed by atoms with Gasteiger partial charge in [-0.05, 0) is 25.1 Å². The summed E-state index contributed by atoms with van der Waals surface area (Å²) in [4.78, 5) is 15.5. The van der Waals surface area contributed by atoms with E-state index in [1.807, 2.05) is 18.4 Å². The maximum atomic E-state index is 11.0. The zero-order valence-electron chi connectivity index (χ0n) is 10.4. The Balaban J connectivity index is 2.70. The molecule has 0 saturated carbocycles. The summed E-state index contributed by atoms with van der Waals surface area (Å²) in [7, 11) is 0. The fourth-order valence-corrected chi connectivity index (χ4v) is 2.10. The maximum absolute atomic E-state index is 11.0. The van der Waals surface area contributed by atoms with Crippen LogP contribution in [0.15, 0.2) is 18.2 Å². The molecule has 1 atom stereocenters. The molecule has 0 bridgehead atoms. The third-order valence-electron chi connectivity index (χ3n) is 3.03. The molecule has 0 aliphatic heterocycles. The number of carboxylic acid groups (broad SMARTS) is 1. The molecule has 2 N–H and O–H groups in total. The number of imidazole rings is 1. The number of aliphatic hydroxyl groups excluding tert-OH is 1. The van der Waals surface area contributed by atoms with Gasteiger partial charge in [0.15, 0.2) is 0 Å². The van der Waals surface area contributed by atoms with Crippen molar-refractivity contribution in [2.24, 2.45) is 0 Å². The number of aromatic carboxylic acids is 1. The smallest absolute Gasteiger partial charge is 0.335 e. The van der Waals surface area contributed by atoms with Crippen LogP contribution in [0.3, 0.4) is 0 Å². The van der Waals surface area contributed by atoms with E-state index in [0.717, 1.165) is 23.3 Å². The second kappa shape index (κ2) is 4.78. The van der Waals surface area contributed by atoms with Gasteiger partial charge in [-0.15, -0.1) is 0 Å². The molecule has 0 aliphatic rings. The van der Waals surface area contributed by atoms with Crippen LogP contribution in [0.1, 0.15) is 36.1 Å². The van der Waals surface area contributed by atoms with Crippen molar-refractivity contribution in [2.75, 3.05) is 6.61 Å². The molecule has 1 heterocycles. The Morgan fingerprint density at radius 2 is 2.22 bits per heavy atom. The van der Waals surface area contributed by atoms with Crippen molar-refractivity contribution in [1.82, 2.24) is 9.55 Å². The van der Waals surface area contributed by atoms with Crippen LogP contribution in [0.25, 0.3) is 11.0 Å². The molecule has 18 heavy (non-hydrogen) atoms. The minimum Gasteiger partial charge on any atom is -0.478 e. The van der Waals surface area contributed by atoms with E-state index in [9.17, 15) is 9.90 Å². The number of benzene rings is 1. The Morgan fingerprint density at radius 1 is 1.50 bits per heavy atom. The van der Waals surface area contributed by atoms with Gasteiger partial charge in [0.2, 0.25) is 0 Å². The number of fused-ring (bicyclic) bond motifs is 1. The average Bonchev–Trinajstić information content (AvgIpc) is 2.74. The minimum absolute atomic E-state index is 0.00421. The van der Waals surface area contributed by atoms with Crippen LogP contribution < -0.4 is 0 Å². The molecule has 0 amide bonds. The van der Waals surface area contributed by atoms with E-state index in [4.69, 9.17) is 5.11 Å². The highest BCUT2D eigenvalue weighted by Crippen LogP contribution is 2.22. The van der Waals surface area contributed by atoms with Gasteiger partial charge in [0.1, 0.15) is 5.82 Å². The van der Waals surface area contributed by atoms with E-state index in [2.05, 4.69) is 4.98 Å². The first kappa shape index (κ1) is 12.6. The molecule has 0 saturated heterocycles. The largest absolute Gasteiger partial charge is 0.478 e. The molecule has 5 heteroatoms. The van der Waals surface area contributed by atoms with E-state index in [0.29, 0.717) is 0 Å². The Bertz CT molecular complexity index is 589. The van der Waals surface area contributed by atoms with Gasteiger partial charge >= 0.3 is 5.97 Å². The third kappa shape index (κ3) is 1.97. The molecule has 0 fully saturated rings. The lowest BCUT2D eigenvalue weighted by atomic mass is 10.2. The third-order valence-corrected chi connectivity index (χ3v) is 3.03. The van der Waals surface area contributed by atoms with Gasteiger partial charge in [0.05, 0.1) is 29.2 Å². The fourth-order valence-electron chi connectivity index (χ4n) is 2.10. The summed E-state index contributed by atoms with van der Waals surface area (Å²) in [5.74, 6) is -0.103. The Hall–Kier alpha value is -1.88. The Kier molecular flexibility index (Phi) is 3.34. The van der Waals surface area contributed by atoms with Crippen molar-refractivity contribution in [1.29, 1.82) is 0 Å². The molecule has 0 radical (unpaired) electrons. The molecule has 1 unspecified atom stereocenters. The van der Waals surface area contributed by atoms with Gasteiger partial charge in [0, 0.05) is 6.42 Å². The van der Waals surface area contributed by atoms with E-state index in [1.165, 1.54) is 0 Å². The van der Waals surface area contributed by atoms with Crippen LogP contribution >= 0.6 is 0 Å². The zero-order chi connectivity index (χ0) is 13.3. The summed E-state index contributed by atoms with van der Waals surface area (Å²) in [6, 6.07) is 4.74. The van der Waals surface area contributed by atoms with Crippen molar-refractivity contribution >= 4 is 17.0 Å². The van der Waals surface area contributed by atoms with Crippen molar-refractivity contribution in [3.05, 3.63) is 29.6 Å². The maximum Gasteiger partial charge on any atom is 0.335 e. The highest BCUT2D eigenvalue weighted by Gasteiger charge is 2.15. The molecular weight excluding hydrogens is 232 g/mol. The quantitative estimate of drug-likeness (QED) is 0.865. The van der Waals surface area contributed by atoms with Gasteiger partial charge < -0.3 is 14.8 Å². The summed E-state index contributed by atoms with van der Waals surface area (Å²) in [6.07, 6.45) is 0.738. The standard InChI is InChI=1S/C13H16N2O3/c1-3-12-14-10-5-4-9(13(17)18)6-11(10)15(12)8(2)7-16/h4-6,8,16H,3,7H2,1-2H3,(H,17,18). The SMILES string of the molecule is CCc1nc2ccc(C(=O)O)cc2n1C(C)CO. The van der Waals surface area contributed by atoms with Gasteiger partial charge in [-0.2, -0.15) is 0 Å². The zero-order valence-corrected chi connectivity index (χ0v) is 10.4. The predicted molar refractivity (Wildman–Crippen MR) is 67.9 cm³/mol. The normalized spacial score (nSPS) is 12.8. The van der Waals surface area contributed by atoms with E-state index in [-0.39, 0.29) is 18.2 Å². The molecule has 96 valence electrons. The number of hydrogen-bond acceptors (Lipinski definition) is 3. The highest BCUT2D eigenvalue weighted by atomic mass is 16.4. The lowest BCUT2D eigenvalue weighted by Gasteiger charge is -2.14. The van der Waals surface area contributed by atoms with Gasteiger partial charge in [-0.3, -0.25) is 0 Å². The summed E-state index contributed by atoms with van der Waals surface area (Å²) < 4.78 is 1.90. The molecule has 1 aromatic heterocycles. The van der Waals surface area contributed by atoms with Gasteiger partial charge in [-0.1, -0.05) is 6.92 Å². The van der Waals surface area contributed by atoms with Crippen LogP contribution in [0, 0.1) is 0 Å². The van der Waals surface area contributed by atoms with Crippen LogP contribution in [0.5, 0.6) is 0 Å². The number of hydrogen-bond donors (Lipinski definition) is 2. The highest BCUT2D eigenvalue weighted by molar-refractivity contribution is 5.92. The first-order chi connectivity index (χ1) is 8.58. The van der Waals surface area contributed by atoms with Gasteiger partial charge in [-0.25, -0.2) is 9.78 Å². The molecule has 0 aliphatic carbocycles. The average molecular weight is 248 g/mol. The first-order valence-electron chi connectivity index (χ1n) is 5.93.